The molecule has 2 unspecified atom stereocenters. The average molecular weight is 291 g/mol. The van der Waals surface area contributed by atoms with E-state index in [1.807, 2.05) is 18.2 Å². The zero-order valence-corrected chi connectivity index (χ0v) is 10.6. The van der Waals surface area contributed by atoms with Gasteiger partial charge in [-0.3, -0.25) is 0 Å². The molecule has 0 saturated carbocycles. The third kappa shape index (κ3) is 2.53. The van der Waals surface area contributed by atoms with E-state index in [9.17, 15) is 0 Å². The van der Waals surface area contributed by atoms with Crippen LogP contribution in [0.4, 0.5) is 0 Å². The molecule has 0 spiro atoms. The Kier molecular flexibility index (Phi) is 3.67. The van der Waals surface area contributed by atoms with Gasteiger partial charge >= 0.3 is 0 Å². The lowest BCUT2D eigenvalue weighted by molar-refractivity contribution is 0.181. The van der Waals surface area contributed by atoms with Crippen molar-refractivity contribution in [3.8, 4) is 0 Å². The Labute approximate surface area is 103 Å². The van der Waals surface area contributed by atoms with Gasteiger partial charge < -0.3 is 10.5 Å². The molecule has 0 radical (unpaired) electrons. The number of hydrogen-bond acceptors (Lipinski definition) is 2. The summed E-state index contributed by atoms with van der Waals surface area (Å²) in [6, 6.07) is 5.90. The summed E-state index contributed by atoms with van der Waals surface area (Å²) in [5.74, 6) is 0.419. The summed E-state index contributed by atoms with van der Waals surface area (Å²) >= 11 is 9.40. The summed E-state index contributed by atoms with van der Waals surface area (Å²) in [6.45, 7) is 1.58. The molecule has 1 saturated heterocycles. The molecule has 15 heavy (non-hydrogen) atoms. The summed E-state index contributed by atoms with van der Waals surface area (Å²) in [5, 5.41) is 0.710. The van der Waals surface area contributed by atoms with Crippen LogP contribution in [0.15, 0.2) is 22.7 Å². The van der Waals surface area contributed by atoms with Gasteiger partial charge in [-0.05, 0) is 40.0 Å². The third-order valence-corrected chi connectivity index (χ3v) is 4.03. The van der Waals surface area contributed by atoms with Crippen LogP contribution >= 0.6 is 27.5 Å². The maximum atomic E-state index is 6.17. The highest BCUT2D eigenvalue weighted by Gasteiger charge is 2.24. The van der Waals surface area contributed by atoms with Crippen LogP contribution in [0, 0.1) is 5.92 Å². The molecule has 1 aliphatic rings. The number of ether oxygens (including phenoxy) is 1. The normalized spacial score (nSPS) is 23.0. The lowest BCUT2D eigenvalue weighted by Crippen LogP contribution is -2.21. The van der Waals surface area contributed by atoms with Gasteiger partial charge in [0.05, 0.1) is 11.6 Å². The van der Waals surface area contributed by atoms with Gasteiger partial charge in [-0.1, -0.05) is 17.7 Å². The number of nitrogens with two attached hydrogens (primary N) is 1. The SMILES string of the molecule is NC(c1ccc(Br)c(Cl)c1)C1CCOC1. The molecule has 0 aliphatic carbocycles. The second-order valence-corrected chi connectivity index (χ2v) is 5.08. The Bertz CT molecular complexity index is 352. The molecule has 2 nitrogen and oxygen atoms in total. The topological polar surface area (TPSA) is 35.2 Å². The maximum absolute atomic E-state index is 6.17. The van der Waals surface area contributed by atoms with Crippen molar-refractivity contribution in [1.82, 2.24) is 0 Å². The van der Waals surface area contributed by atoms with Crippen LogP contribution < -0.4 is 5.73 Å². The Morgan fingerprint density at radius 1 is 1.53 bits per heavy atom. The first-order valence-electron chi connectivity index (χ1n) is 4.97. The number of hydrogen-bond donors (Lipinski definition) is 1. The molecule has 4 heteroatoms. The van der Waals surface area contributed by atoms with E-state index in [2.05, 4.69) is 15.9 Å². The smallest absolute Gasteiger partial charge is 0.0551 e. The van der Waals surface area contributed by atoms with Crippen LogP contribution in [0.25, 0.3) is 0 Å². The molecule has 0 aromatic heterocycles. The van der Waals surface area contributed by atoms with Crippen LogP contribution in [0.1, 0.15) is 18.0 Å². The van der Waals surface area contributed by atoms with Gasteiger partial charge in [0.25, 0.3) is 0 Å². The summed E-state index contributed by atoms with van der Waals surface area (Å²) in [5.41, 5.74) is 7.25. The van der Waals surface area contributed by atoms with Crippen molar-refractivity contribution >= 4 is 27.5 Å². The minimum atomic E-state index is 0.0260. The van der Waals surface area contributed by atoms with E-state index in [4.69, 9.17) is 22.1 Å². The quantitative estimate of drug-likeness (QED) is 0.908. The van der Waals surface area contributed by atoms with Crippen LogP contribution in [0.5, 0.6) is 0 Å². The number of halogens is 2. The molecule has 1 aromatic carbocycles. The highest BCUT2D eigenvalue weighted by molar-refractivity contribution is 9.10. The van der Waals surface area contributed by atoms with Crippen molar-refractivity contribution in [3.05, 3.63) is 33.3 Å². The lowest BCUT2D eigenvalue weighted by atomic mass is 9.93. The lowest BCUT2D eigenvalue weighted by Gasteiger charge is -2.18. The van der Waals surface area contributed by atoms with E-state index < -0.39 is 0 Å². The highest BCUT2D eigenvalue weighted by Crippen LogP contribution is 2.30. The van der Waals surface area contributed by atoms with Crippen LogP contribution in [-0.4, -0.2) is 13.2 Å². The fraction of sp³-hybridized carbons (Fsp3) is 0.455. The first kappa shape index (κ1) is 11.4. The monoisotopic (exact) mass is 289 g/mol. The van der Waals surface area contributed by atoms with Gasteiger partial charge in [-0.15, -0.1) is 0 Å². The van der Waals surface area contributed by atoms with E-state index in [1.165, 1.54) is 0 Å². The number of benzene rings is 1. The van der Waals surface area contributed by atoms with Crippen molar-refractivity contribution < 1.29 is 4.74 Å². The summed E-state index contributed by atoms with van der Waals surface area (Å²) in [4.78, 5) is 0. The van der Waals surface area contributed by atoms with Gasteiger partial charge in [0.15, 0.2) is 0 Å². The second kappa shape index (κ2) is 4.83. The molecule has 82 valence electrons. The predicted molar refractivity (Wildman–Crippen MR) is 65.0 cm³/mol. The molecule has 2 atom stereocenters. The molecule has 1 fully saturated rings. The maximum Gasteiger partial charge on any atom is 0.0551 e. The predicted octanol–water partition coefficient (Wildman–Crippen LogP) is 3.14. The van der Waals surface area contributed by atoms with Gasteiger partial charge in [0, 0.05) is 23.0 Å². The minimum Gasteiger partial charge on any atom is -0.381 e. The van der Waals surface area contributed by atoms with Gasteiger partial charge in [-0.25, -0.2) is 0 Å². The van der Waals surface area contributed by atoms with Crippen molar-refractivity contribution in [3.63, 3.8) is 0 Å². The van der Waals surface area contributed by atoms with E-state index in [0.29, 0.717) is 10.9 Å². The van der Waals surface area contributed by atoms with Crippen LogP contribution in [0.2, 0.25) is 5.02 Å². The summed E-state index contributed by atoms with van der Waals surface area (Å²) in [7, 11) is 0. The molecular weight excluding hydrogens is 277 g/mol. The molecule has 0 bridgehead atoms. The highest BCUT2D eigenvalue weighted by atomic mass is 79.9. The Hall–Kier alpha value is -0.0900. The first-order valence-corrected chi connectivity index (χ1v) is 6.14. The Morgan fingerprint density at radius 2 is 2.33 bits per heavy atom. The standard InChI is InChI=1S/C11H13BrClNO/c12-9-2-1-7(5-10(9)13)11(14)8-3-4-15-6-8/h1-2,5,8,11H,3-4,6,14H2. The summed E-state index contributed by atoms with van der Waals surface area (Å²) in [6.07, 6.45) is 1.04. The number of rotatable bonds is 2. The largest absolute Gasteiger partial charge is 0.381 e. The average Bonchev–Trinajstić information content (AvgIpc) is 2.74. The van der Waals surface area contributed by atoms with Crippen molar-refractivity contribution in [2.24, 2.45) is 11.7 Å². The van der Waals surface area contributed by atoms with Gasteiger partial charge in [-0.2, -0.15) is 0 Å². The zero-order valence-electron chi connectivity index (χ0n) is 8.25. The van der Waals surface area contributed by atoms with Crippen LogP contribution in [0.3, 0.4) is 0 Å². The van der Waals surface area contributed by atoms with E-state index in [-0.39, 0.29) is 6.04 Å². The van der Waals surface area contributed by atoms with Crippen molar-refractivity contribution in [2.45, 2.75) is 12.5 Å². The molecular formula is C11H13BrClNO. The van der Waals surface area contributed by atoms with Gasteiger partial charge in [0.2, 0.25) is 0 Å². The Balaban J connectivity index is 2.17. The van der Waals surface area contributed by atoms with E-state index in [1.54, 1.807) is 0 Å². The second-order valence-electron chi connectivity index (χ2n) is 3.82. The van der Waals surface area contributed by atoms with E-state index >= 15 is 0 Å². The molecule has 1 aromatic rings. The third-order valence-electron chi connectivity index (χ3n) is 2.80. The molecule has 1 aliphatic heterocycles. The Morgan fingerprint density at radius 3 is 2.93 bits per heavy atom. The fourth-order valence-electron chi connectivity index (χ4n) is 1.83. The molecule has 2 N–H and O–H groups in total. The summed E-state index contributed by atoms with van der Waals surface area (Å²) < 4.78 is 6.24. The molecule has 0 amide bonds. The molecule has 1 heterocycles. The fourth-order valence-corrected chi connectivity index (χ4v) is 2.26. The minimum absolute atomic E-state index is 0.0260. The molecule has 2 rings (SSSR count). The first-order chi connectivity index (χ1) is 7.18. The van der Waals surface area contributed by atoms with Gasteiger partial charge in [0.1, 0.15) is 0 Å². The van der Waals surface area contributed by atoms with Crippen molar-refractivity contribution in [1.29, 1.82) is 0 Å². The zero-order chi connectivity index (χ0) is 10.8. The van der Waals surface area contributed by atoms with E-state index in [0.717, 1.165) is 29.7 Å². The van der Waals surface area contributed by atoms with Crippen molar-refractivity contribution in [2.75, 3.05) is 13.2 Å². The van der Waals surface area contributed by atoms with Crippen LogP contribution in [-0.2, 0) is 4.74 Å².